The van der Waals surface area contributed by atoms with Crippen LogP contribution in [0.1, 0.15) is 70.9 Å². The van der Waals surface area contributed by atoms with Crippen molar-refractivity contribution < 1.29 is 4.79 Å². The number of anilines is 1. The summed E-state index contributed by atoms with van der Waals surface area (Å²) in [7, 11) is 0. The number of carbonyl (C=O) groups is 1. The first-order valence-corrected chi connectivity index (χ1v) is 13.4. The van der Waals surface area contributed by atoms with E-state index in [0.717, 1.165) is 44.7 Å². The highest BCUT2D eigenvalue weighted by atomic mass is 16.2. The number of hydrogen-bond acceptors (Lipinski definition) is 2. The molecule has 1 unspecified atom stereocenters. The maximum atomic E-state index is 13.2. The maximum absolute atomic E-state index is 13.2. The third kappa shape index (κ3) is 4.48. The minimum Gasteiger partial charge on any atom is -0.337 e. The molecule has 2 saturated heterocycles. The Morgan fingerprint density at radius 1 is 0.914 bits per heavy atom. The monoisotopic (exact) mass is 471 g/mol. The van der Waals surface area contributed by atoms with Crippen molar-refractivity contribution in [1.82, 2.24) is 10.2 Å². The van der Waals surface area contributed by atoms with Gasteiger partial charge in [0.1, 0.15) is 0 Å². The third-order valence-electron chi connectivity index (χ3n) is 9.02. The Hall–Kier alpha value is -2.75. The van der Waals surface area contributed by atoms with E-state index in [9.17, 15) is 4.79 Å². The van der Waals surface area contributed by atoms with Crippen LogP contribution in [0.4, 0.5) is 10.5 Å². The molecule has 3 fully saturated rings. The van der Waals surface area contributed by atoms with Crippen LogP contribution in [0.5, 0.6) is 0 Å². The summed E-state index contributed by atoms with van der Waals surface area (Å²) in [5.41, 5.74) is 4.10. The predicted octanol–water partition coefficient (Wildman–Crippen LogP) is 7.16. The van der Waals surface area contributed by atoms with E-state index in [1.165, 1.54) is 29.8 Å². The fraction of sp³-hybridized carbons (Fsp3) is 0.516. The Morgan fingerprint density at radius 2 is 1.49 bits per heavy atom. The van der Waals surface area contributed by atoms with Crippen LogP contribution < -0.4 is 10.2 Å². The molecule has 0 radical (unpaired) electrons. The number of para-hydroxylation sites is 1. The molecule has 1 atom stereocenters. The van der Waals surface area contributed by atoms with Gasteiger partial charge in [-0.05, 0) is 67.6 Å². The molecule has 5 rings (SSSR count). The van der Waals surface area contributed by atoms with Crippen LogP contribution in [0.2, 0.25) is 0 Å². The van der Waals surface area contributed by atoms with Gasteiger partial charge in [0.2, 0.25) is 0 Å². The van der Waals surface area contributed by atoms with Crippen LogP contribution in [0.15, 0.2) is 72.9 Å². The molecule has 1 aliphatic carbocycles. The van der Waals surface area contributed by atoms with Crippen molar-refractivity contribution in [2.45, 2.75) is 71.4 Å². The molecule has 4 heteroatoms. The smallest absolute Gasteiger partial charge is 0.317 e. The minimum absolute atomic E-state index is 0.0126. The molecule has 2 heterocycles. The summed E-state index contributed by atoms with van der Waals surface area (Å²) in [6.07, 6.45) is 6.55. The molecule has 1 saturated carbocycles. The van der Waals surface area contributed by atoms with E-state index in [0.29, 0.717) is 11.5 Å². The van der Waals surface area contributed by atoms with E-state index in [1.807, 2.05) is 4.90 Å². The Kier molecular flexibility index (Phi) is 6.41. The Bertz CT molecular complexity index is 1030. The van der Waals surface area contributed by atoms with Crippen LogP contribution in [-0.2, 0) is 0 Å². The second kappa shape index (κ2) is 9.37. The topological polar surface area (TPSA) is 35.6 Å². The van der Waals surface area contributed by atoms with Gasteiger partial charge in [-0.1, -0.05) is 75.9 Å². The number of likely N-dealkylation sites (tertiary alicyclic amines) is 1. The average Bonchev–Trinajstić information content (AvgIpc) is 2.87. The van der Waals surface area contributed by atoms with Crippen LogP contribution in [0, 0.1) is 16.7 Å². The van der Waals surface area contributed by atoms with Gasteiger partial charge in [0.25, 0.3) is 0 Å². The Labute approximate surface area is 211 Å². The summed E-state index contributed by atoms with van der Waals surface area (Å²) in [5, 5.41) is 3.37. The van der Waals surface area contributed by atoms with E-state index in [1.54, 1.807) is 0 Å². The number of piperidine rings is 1. The van der Waals surface area contributed by atoms with Crippen molar-refractivity contribution in [2.24, 2.45) is 16.7 Å². The van der Waals surface area contributed by atoms with Crippen LogP contribution in [0.25, 0.3) is 0 Å². The summed E-state index contributed by atoms with van der Waals surface area (Å²) >= 11 is 0. The zero-order chi connectivity index (χ0) is 24.6. The molecule has 186 valence electrons. The van der Waals surface area contributed by atoms with E-state index in [2.05, 4.69) is 98.2 Å². The lowest BCUT2D eigenvalue weighted by molar-refractivity contribution is 0.0790. The van der Waals surface area contributed by atoms with Gasteiger partial charge in [-0.3, -0.25) is 0 Å². The molecule has 2 aliphatic heterocycles. The van der Waals surface area contributed by atoms with E-state index in [-0.39, 0.29) is 17.5 Å². The Balaban J connectivity index is 1.24. The second-order valence-corrected chi connectivity index (χ2v) is 12.0. The zero-order valence-electron chi connectivity index (χ0n) is 21.7. The van der Waals surface area contributed by atoms with Gasteiger partial charge >= 0.3 is 6.03 Å². The number of benzene rings is 2. The van der Waals surface area contributed by atoms with Crippen molar-refractivity contribution in [3.05, 3.63) is 78.5 Å². The lowest BCUT2D eigenvalue weighted by Crippen LogP contribution is -2.61. The molecule has 2 aromatic rings. The fourth-order valence-electron chi connectivity index (χ4n) is 6.77. The number of urea groups is 1. The van der Waals surface area contributed by atoms with Crippen molar-refractivity contribution in [2.75, 3.05) is 18.0 Å². The van der Waals surface area contributed by atoms with Crippen molar-refractivity contribution >= 4 is 11.7 Å². The lowest BCUT2D eigenvalue weighted by Gasteiger charge is -2.63. The van der Waals surface area contributed by atoms with Gasteiger partial charge in [0.15, 0.2) is 0 Å². The number of rotatable bonds is 3. The van der Waals surface area contributed by atoms with Gasteiger partial charge < -0.3 is 15.1 Å². The first-order chi connectivity index (χ1) is 16.8. The summed E-state index contributed by atoms with van der Waals surface area (Å²) < 4.78 is 0. The van der Waals surface area contributed by atoms with Gasteiger partial charge in [0, 0.05) is 35.9 Å². The number of amides is 2. The highest BCUT2D eigenvalue weighted by Gasteiger charge is 2.57. The molecule has 1 N–H and O–H groups in total. The normalized spacial score (nSPS) is 26.4. The lowest BCUT2D eigenvalue weighted by atomic mass is 9.60. The van der Waals surface area contributed by atoms with Crippen LogP contribution >= 0.6 is 0 Å². The quantitative estimate of drug-likeness (QED) is 0.515. The summed E-state index contributed by atoms with van der Waals surface area (Å²) in [4.78, 5) is 17.6. The first-order valence-electron chi connectivity index (χ1n) is 13.4. The zero-order valence-corrected chi connectivity index (χ0v) is 21.7. The molecule has 35 heavy (non-hydrogen) atoms. The highest BCUT2D eigenvalue weighted by Crippen LogP contribution is 2.62. The van der Waals surface area contributed by atoms with Crippen LogP contribution in [0.3, 0.4) is 0 Å². The van der Waals surface area contributed by atoms with Gasteiger partial charge in [-0.15, -0.1) is 0 Å². The molecular weight excluding hydrogens is 430 g/mol. The standard InChI is InChI=1S/C31H41N3O/c1-23-31(28(24-11-7-5-8-12-24)34(23)27-13-9-6-10-14-27)19-21-33(22-20-31)29(35)32-26-17-15-25(16-18-26)30(2,3)4/h5-14,25-26,28H,1,15-22H2,2-4H3,(H,32,35). The molecular formula is C31H41N3O. The number of hydrogen-bond donors (Lipinski definition) is 1. The maximum Gasteiger partial charge on any atom is 0.317 e. The molecule has 2 aromatic carbocycles. The van der Waals surface area contributed by atoms with Crippen molar-refractivity contribution in [3.8, 4) is 0 Å². The summed E-state index contributed by atoms with van der Waals surface area (Å²) in [6, 6.07) is 22.1. The highest BCUT2D eigenvalue weighted by molar-refractivity contribution is 5.75. The molecule has 0 aromatic heterocycles. The molecule has 4 nitrogen and oxygen atoms in total. The summed E-state index contributed by atoms with van der Waals surface area (Å²) in [5.74, 6) is 0.762. The number of nitrogens with one attached hydrogen (secondary N) is 1. The number of nitrogens with zero attached hydrogens (tertiary/aromatic N) is 2. The van der Waals surface area contributed by atoms with Gasteiger partial charge in [0.05, 0.1) is 6.04 Å². The SMILES string of the molecule is C=C1N(c2ccccc2)C(c2ccccc2)C12CCN(C(=O)NC1CCC(C(C)(C)C)CC1)CC2. The van der Waals surface area contributed by atoms with Gasteiger partial charge in [-0.25, -0.2) is 4.79 Å². The van der Waals surface area contributed by atoms with E-state index >= 15 is 0 Å². The molecule has 1 spiro atoms. The Morgan fingerprint density at radius 3 is 2.06 bits per heavy atom. The van der Waals surface area contributed by atoms with Crippen molar-refractivity contribution in [3.63, 3.8) is 0 Å². The van der Waals surface area contributed by atoms with Gasteiger partial charge in [-0.2, -0.15) is 0 Å². The summed E-state index contributed by atoms with van der Waals surface area (Å²) in [6.45, 7) is 13.2. The molecule has 3 aliphatic rings. The minimum atomic E-state index is 0.0126. The van der Waals surface area contributed by atoms with Crippen molar-refractivity contribution in [1.29, 1.82) is 0 Å². The third-order valence-corrected chi connectivity index (χ3v) is 9.02. The predicted molar refractivity (Wildman–Crippen MR) is 144 cm³/mol. The molecule has 0 bridgehead atoms. The average molecular weight is 472 g/mol. The fourth-order valence-corrected chi connectivity index (χ4v) is 6.77. The first kappa shape index (κ1) is 24.0. The second-order valence-electron chi connectivity index (χ2n) is 12.0. The number of carbonyl (C=O) groups excluding carboxylic acids is 1. The largest absolute Gasteiger partial charge is 0.337 e. The van der Waals surface area contributed by atoms with Crippen LogP contribution in [-0.4, -0.2) is 30.1 Å². The van der Waals surface area contributed by atoms with E-state index < -0.39 is 0 Å². The molecule has 2 amide bonds. The van der Waals surface area contributed by atoms with E-state index in [4.69, 9.17) is 0 Å².